The first kappa shape index (κ1) is 20.7. The van der Waals surface area contributed by atoms with Crippen molar-refractivity contribution in [2.75, 3.05) is 24.0 Å². The molecule has 0 aliphatic rings. The Morgan fingerprint density at radius 1 is 1.14 bits per heavy atom. The van der Waals surface area contributed by atoms with E-state index in [1.54, 1.807) is 37.6 Å². The third-order valence-electron chi connectivity index (χ3n) is 3.89. The second-order valence-corrected chi connectivity index (χ2v) is 10.0. The molecule has 1 aromatic heterocycles. The lowest BCUT2D eigenvalue weighted by atomic mass is 10.2. The van der Waals surface area contributed by atoms with Gasteiger partial charge in [-0.2, -0.15) is 4.98 Å². The van der Waals surface area contributed by atoms with Crippen molar-refractivity contribution in [3.8, 4) is 0 Å². The van der Waals surface area contributed by atoms with Crippen molar-refractivity contribution < 1.29 is 13.9 Å². The van der Waals surface area contributed by atoms with Crippen LogP contribution in [0.15, 0.2) is 48.7 Å². The summed E-state index contributed by atoms with van der Waals surface area (Å²) in [5.74, 6) is -0.521. The van der Waals surface area contributed by atoms with Crippen LogP contribution in [0.4, 0.5) is 33.2 Å². The van der Waals surface area contributed by atoms with Crippen molar-refractivity contribution in [3.63, 3.8) is 0 Å². The fraction of sp³-hybridized carbons (Fsp3) is 0.111. The van der Waals surface area contributed by atoms with Gasteiger partial charge in [0.15, 0.2) is 5.82 Å². The Labute approximate surface area is 170 Å². The zero-order valence-corrected chi connectivity index (χ0v) is 17.0. The lowest BCUT2D eigenvalue weighted by Gasteiger charge is -2.15. The molecule has 150 valence electrons. The molecule has 11 heteroatoms. The molecule has 0 fully saturated rings. The second-order valence-electron chi connectivity index (χ2n) is 6.43. The smallest absolute Gasteiger partial charge is 0.271 e. The van der Waals surface area contributed by atoms with Crippen LogP contribution in [0.25, 0.3) is 0 Å². The number of para-hydroxylation sites is 1. The molecule has 0 amide bonds. The minimum atomic E-state index is -2.57. The molecule has 0 spiro atoms. The summed E-state index contributed by atoms with van der Waals surface area (Å²) in [4.78, 5) is 18.5. The van der Waals surface area contributed by atoms with E-state index in [-0.39, 0.29) is 28.2 Å². The van der Waals surface area contributed by atoms with Crippen LogP contribution in [0.5, 0.6) is 0 Å². The molecule has 0 saturated carbocycles. The molecule has 0 atom stereocenters. The van der Waals surface area contributed by atoms with Crippen LogP contribution >= 0.6 is 18.7 Å². The van der Waals surface area contributed by atoms with Gasteiger partial charge in [-0.15, -0.1) is 0 Å². The number of halogens is 2. The molecule has 0 aliphatic heterocycles. The van der Waals surface area contributed by atoms with E-state index in [0.29, 0.717) is 11.0 Å². The molecular weight excluding hydrogens is 420 g/mol. The summed E-state index contributed by atoms with van der Waals surface area (Å²) in [7, 11) is -2.57. The van der Waals surface area contributed by atoms with E-state index >= 15 is 0 Å². The number of nitro groups is 1. The standard InChI is InChI=1S/C18H16ClFN5O3P/c1-29(2,28)16-6-4-3-5-14(16)22-17-12(19)10-21-18(24-17)23-15-9-11(25(26)27)7-8-13(15)20/h3-10H,1-2H3,(H2,21,22,23,24). The Balaban J connectivity index is 1.94. The van der Waals surface area contributed by atoms with Crippen LogP contribution in [0, 0.1) is 15.9 Å². The fourth-order valence-corrected chi connectivity index (χ4v) is 3.83. The average Bonchev–Trinajstić information content (AvgIpc) is 2.65. The maximum absolute atomic E-state index is 14.0. The molecule has 8 nitrogen and oxygen atoms in total. The number of hydrogen-bond donors (Lipinski definition) is 2. The largest absolute Gasteiger partial charge is 0.338 e. The van der Waals surface area contributed by atoms with Crippen molar-refractivity contribution in [1.82, 2.24) is 9.97 Å². The van der Waals surface area contributed by atoms with Gasteiger partial charge < -0.3 is 15.2 Å². The molecule has 2 aromatic carbocycles. The topological polar surface area (TPSA) is 110 Å². The molecule has 1 heterocycles. The minimum Gasteiger partial charge on any atom is -0.338 e. The number of anilines is 4. The summed E-state index contributed by atoms with van der Waals surface area (Å²) in [5, 5.41) is 17.3. The van der Waals surface area contributed by atoms with Gasteiger partial charge in [-0.05, 0) is 31.5 Å². The maximum atomic E-state index is 14.0. The van der Waals surface area contributed by atoms with Crippen LogP contribution in [-0.4, -0.2) is 28.2 Å². The molecule has 3 aromatic rings. The summed E-state index contributed by atoms with van der Waals surface area (Å²) in [5.41, 5.74) is 0.130. The molecule has 0 bridgehead atoms. The van der Waals surface area contributed by atoms with Crippen LogP contribution in [0.2, 0.25) is 5.02 Å². The first-order chi connectivity index (χ1) is 13.6. The summed E-state index contributed by atoms with van der Waals surface area (Å²) in [6.45, 7) is 3.29. The normalized spacial score (nSPS) is 11.2. The van der Waals surface area contributed by atoms with Crippen LogP contribution in [0.3, 0.4) is 0 Å². The predicted molar refractivity (Wildman–Crippen MR) is 112 cm³/mol. The Bertz CT molecular complexity index is 1140. The molecule has 0 saturated heterocycles. The molecule has 2 N–H and O–H groups in total. The number of hydrogen-bond acceptors (Lipinski definition) is 7. The van der Waals surface area contributed by atoms with E-state index in [2.05, 4.69) is 20.6 Å². The molecule has 3 rings (SSSR count). The summed E-state index contributed by atoms with van der Waals surface area (Å²) in [6.07, 6.45) is 1.30. The SMILES string of the molecule is CP(C)(=O)c1ccccc1Nc1nc(Nc2cc([N+](=O)[O-])ccc2F)ncc1Cl. The summed E-state index contributed by atoms with van der Waals surface area (Å²) in [6, 6.07) is 10.1. The highest BCUT2D eigenvalue weighted by Crippen LogP contribution is 2.38. The van der Waals surface area contributed by atoms with E-state index < -0.39 is 17.9 Å². The first-order valence-corrected chi connectivity index (χ1v) is 11.3. The van der Waals surface area contributed by atoms with Gasteiger partial charge in [-0.3, -0.25) is 10.1 Å². The molecule has 0 radical (unpaired) electrons. The van der Waals surface area contributed by atoms with E-state index in [4.69, 9.17) is 11.6 Å². The van der Waals surface area contributed by atoms with E-state index in [9.17, 15) is 19.1 Å². The predicted octanol–water partition coefficient (Wildman–Crippen LogP) is 4.91. The van der Waals surface area contributed by atoms with Gasteiger partial charge in [0.2, 0.25) is 5.95 Å². The van der Waals surface area contributed by atoms with Crippen molar-refractivity contribution in [2.45, 2.75) is 0 Å². The molecule has 0 unspecified atom stereocenters. The third kappa shape index (κ3) is 4.88. The molecule has 0 aliphatic carbocycles. The maximum Gasteiger partial charge on any atom is 0.271 e. The van der Waals surface area contributed by atoms with Crippen molar-refractivity contribution >= 4 is 52.9 Å². The Morgan fingerprint density at radius 3 is 2.55 bits per heavy atom. The highest BCUT2D eigenvalue weighted by molar-refractivity contribution is 7.70. The van der Waals surface area contributed by atoms with E-state index in [1.807, 2.05) is 0 Å². The van der Waals surface area contributed by atoms with Crippen molar-refractivity contribution in [1.29, 1.82) is 0 Å². The molecular formula is C18H16ClFN5O3P. The Hall–Kier alpha value is -3.03. The van der Waals surface area contributed by atoms with E-state index in [0.717, 1.165) is 18.2 Å². The Morgan fingerprint density at radius 2 is 1.86 bits per heavy atom. The number of aromatic nitrogens is 2. The van der Waals surface area contributed by atoms with Crippen LogP contribution in [-0.2, 0) is 4.57 Å². The third-order valence-corrected chi connectivity index (χ3v) is 5.72. The van der Waals surface area contributed by atoms with Gasteiger partial charge in [0.05, 0.1) is 22.5 Å². The van der Waals surface area contributed by atoms with Gasteiger partial charge in [0.1, 0.15) is 18.0 Å². The van der Waals surface area contributed by atoms with Gasteiger partial charge in [-0.1, -0.05) is 23.7 Å². The summed E-state index contributed by atoms with van der Waals surface area (Å²) >= 11 is 6.17. The number of nitrogens with one attached hydrogen (secondary N) is 2. The first-order valence-electron chi connectivity index (χ1n) is 8.30. The lowest BCUT2D eigenvalue weighted by molar-refractivity contribution is -0.384. The summed E-state index contributed by atoms with van der Waals surface area (Å²) < 4.78 is 26.5. The number of nitrogens with zero attached hydrogens (tertiary/aromatic N) is 3. The number of benzene rings is 2. The van der Waals surface area contributed by atoms with Crippen LogP contribution < -0.4 is 15.9 Å². The van der Waals surface area contributed by atoms with E-state index in [1.165, 1.54) is 6.20 Å². The van der Waals surface area contributed by atoms with Gasteiger partial charge >= 0.3 is 0 Å². The van der Waals surface area contributed by atoms with Crippen molar-refractivity contribution in [2.24, 2.45) is 0 Å². The second kappa shape index (κ2) is 8.14. The number of nitro benzene ring substituents is 1. The quantitative estimate of drug-likeness (QED) is 0.321. The molecule has 29 heavy (non-hydrogen) atoms. The highest BCUT2D eigenvalue weighted by Gasteiger charge is 2.17. The van der Waals surface area contributed by atoms with Gasteiger partial charge in [0, 0.05) is 17.4 Å². The lowest BCUT2D eigenvalue weighted by Crippen LogP contribution is -2.11. The highest BCUT2D eigenvalue weighted by atomic mass is 35.5. The minimum absolute atomic E-state index is 0.0232. The van der Waals surface area contributed by atoms with Gasteiger partial charge in [0.25, 0.3) is 5.69 Å². The average molecular weight is 436 g/mol. The fourth-order valence-electron chi connectivity index (χ4n) is 2.53. The van der Waals surface area contributed by atoms with Crippen molar-refractivity contribution in [3.05, 3.63) is 69.6 Å². The monoisotopic (exact) mass is 435 g/mol. The number of rotatable bonds is 6. The van der Waals surface area contributed by atoms with Gasteiger partial charge in [-0.25, -0.2) is 9.37 Å². The van der Waals surface area contributed by atoms with Crippen LogP contribution in [0.1, 0.15) is 0 Å². The zero-order valence-electron chi connectivity index (χ0n) is 15.4. The number of non-ortho nitro benzene ring substituents is 1. The zero-order chi connectivity index (χ0) is 21.2. The Kier molecular flexibility index (Phi) is 5.81.